The van der Waals surface area contributed by atoms with Gasteiger partial charge in [-0.2, -0.15) is 5.26 Å². The minimum atomic E-state index is -0.519. The average Bonchev–Trinajstić information content (AvgIpc) is 3.01. The Hall–Kier alpha value is -3.50. The van der Waals surface area contributed by atoms with Crippen LogP contribution in [0.25, 0.3) is 22.2 Å². The highest BCUT2D eigenvalue weighted by molar-refractivity contribution is 5.95. The smallest absolute Gasteiger partial charge is 0.411 e. The lowest BCUT2D eigenvalue weighted by Crippen LogP contribution is -2.13. The zero-order chi connectivity index (χ0) is 20.1. The second kappa shape index (κ2) is 8.46. The SMILES string of the molecule is CCOC(=O)Nc1ccc(-c2c(C#N)c3ccc(OC)cc3n2CCO)cc1.[HH]. The molecule has 1 aromatic heterocycles. The summed E-state index contributed by atoms with van der Waals surface area (Å²) < 4.78 is 12.1. The fraction of sp³-hybridized carbons (Fsp3) is 0.238. The number of aromatic nitrogens is 1. The maximum atomic E-state index is 11.6. The van der Waals surface area contributed by atoms with E-state index in [0.29, 0.717) is 35.8 Å². The lowest BCUT2D eigenvalue weighted by molar-refractivity contribution is 0.168. The molecule has 0 fully saturated rings. The van der Waals surface area contributed by atoms with Crippen molar-refractivity contribution in [2.45, 2.75) is 13.5 Å². The van der Waals surface area contributed by atoms with Gasteiger partial charge in [-0.05, 0) is 36.8 Å². The number of amides is 1. The fourth-order valence-corrected chi connectivity index (χ4v) is 3.20. The Morgan fingerprint density at radius 1 is 1.29 bits per heavy atom. The van der Waals surface area contributed by atoms with Gasteiger partial charge in [0.25, 0.3) is 0 Å². The molecule has 7 nitrogen and oxygen atoms in total. The highest BCUT2D eigenvalue weighted by atomic mass is 16.5. The summed E-state index contributed by atoms with van der Waals surface area (Å²) in [6, 6.07) is 14.9. The number of benzene rings is 2. The van der Waals surface area contributed by atoms with E-state index < -0.39 is 6.09 Å². The van der Waals surface area contributed by atoms with E-state index in [0.717, 1.165) is 16.5 Å². The van der Waals surface area contributed by atoms with Crippen LogP contribution in [0.1, 0.15) is 13.9 Å². The van der Waals surface area contributed by atoms with Crippen LogP contribution < -0.4 is 10.1 Å². The van der Waals surface area contributed by atoms with Crippen LogP contribution >= 0.6 is 0 Å². The molecule has 2 N–H and O–H groups in total. The topological polar surface area (TPSA) is 96.5 Å². The van der Waals surface area contributed by atoms with Gasteiger partial charge >= 0.3 is 6.09 Å². The maximum Gasteiger partial charge on any atom is 0.411 e. The van der Waals surface area contributed by atoms with Crippen LogP contribution in [0.15, 0.2) is 42.5 Å². The molecule has 3 rings (SSSR count). The van der Waals surface area contributed by atoms with Crippen LogP contribution in [0.5, 0.6) is 5.75 Å². The first-order chi connectivity index (χ1) is 13.6. The monoisotopic (exact) mass is 381 g/mol. The molecule has 0 unspecified atom stereocenters. The van der Waals surface area contributed by atoms with Gasteiger partial charge in [-0.15, -0.1) is 0 Å². The van der Waals surface area contributed by atoms with Crippen molar-refractivity contribution >= 4 is 22.7 Å². The molecular weight excluding hydrogens is 358 g/mol. The number of ether oxygens (including phenoxy) is 2. The number of nitriles is 1. The fourth-order valence-electron chi connectivity index (χ4n) is 3.20. The number of anilines is 1. The number of hydrogen-bond donors (Lipinski definition) is 2. The zero-order valence-electron chi connectivity index (χ0n) is 15.7. The molecule has 28 heavy (non-hydrogen) atoms. The maximum absolute atomic E-state index is 11.6. The number of methoxy groups -OCH3 is 1. The van der Waals surface area contributed by atoms with E-state index in [1.54, 1.807) is 26.2 Å². The molecule has 0 aliphatic heterocycles. The van der Waals surface area contributed by atoms with Gasteiger partial charge in [0.15, 0.2) is 0 Å². The molecule has 0 aliphatic rings. The van der Waals surface area contributed by atoms with Gasteiger partial charge in [-0.3, -0.25) is 5.32 Å². The van der Waals surface area contributed by atoms with E-state index in [-0.39, 0.29) is 8.03 Å². The molecule has 0 aliphatic carbocycles. The highest BCUT2D eigenvalue weighted by Gasteiger charge is 2.19. The van der Waals surface area contributed by atoms with E-state index in [2.05, 4.69) is 11.4 Å². The lowest BCUT2D eigenvalue weighted by Gasteiger charge is -2.11. The second-order valence-electron chi connectivity index (χ2n) is 6.02. The summed E-state index contributed by atoms with van der Waals surface area (Å²) in [5, 5.41) is 22.8. The number of carbonyl (C=O) groups excluding carboxylic acids is 1. The second-order valence-corrected chi connectivity index (χ2v) is 6.02. The molecule has 0 spiro atoms. The van der Waals surface area contributed by atoms with Crippen molar-refractivity contribution in [1.29, 1.82) is 5.26 Å². The first-order valence-corrected chi connectivity index (χ1v) is 8.88. The molecule has 1 heterocycles. The Balaban J connectivity index is 0.00000300. The number of hydrogen-bond acceptors (Lipinski definition) is 5. The average molecular weight is 381 g/mol. The Morgan fingerprint density at radius 2 is 2.04 bits per heavy atom. The summed E-state index contributed by atoms with van der Waals surface area (Å²) in [5.41, 5.74) is 3.44. The summed E-state index contributed by atoms with van der Waals surface area (Å²) >= 11 is 0. The molecule has 146 valence electrons. The minimum absolute atomic E-state index is 0. The summed E-state index contributed by atoms with van der Waals surface area (Å²) in [5.74, 6) is 0.675. The highest BCUT2D eigenvalue weighted by Crippen LogP contribution is 2.35. The predicted molar refractivity (Wildman–Crippen MR) is 108 cm³/mol. The van der Waals surface area contributed by atoms with E-state index >= 15 is 0 Å². The number of fused-ring (bicyclic) bond motifs is 1. The van der Waals surface area contributed by atoms with E-state index in [1.807, 2.05) is 34.9 Å². The summed E-state index contributed by atoms with van der Waals surface area (Å²) in [7, 11) is 1.59. The molecule has 0 saturated heterocycles. The van der Waals surface area contributed by atoms with Crippen LogP contribution in [0.2, 0.25) is 0 Å². The Morgan fingerprint density at radius 3 is 2.64 bits per heavy atom. The van der Waals surface area contributed by atoms with Gasteiger partial charge in [0.1, 0.15) is 11.8 Å². The summed E-state index contributed by atoms with van der Waals surface area (Å²) in [4.78, 5) is 11.6. The van der Waals surface area contributed by atoms with Crippen molar-refractivity contribution in [2.75, 3.05) is 25.6 Å². The van der Waals surface area contributed by atoms with E-state index in [9.17, 15) is 15.2 Å². The number of nitrogens with one attached hydrogen (secondary N) is 1. The zero-order valence-corrected chi connectivity index (χ0v) is 15.7. The van der Waals surface area contributed by atoms with E-state index in [1.165, 1.54) is 0 Å². The van der Waals surface area contributed by atoms with Crippen molar-refractivity contribution in [2.24, 2.45) is 0 Å². The quantitative estimate of drug-likeness (QED) is 0.673. The minimum Gasteiger partial charge on any atom is -0.497 e. The van der Waals surface area contributed by atoms with Gasteiger partial charge in [0, 0.05) is 25.1 Å². The van der Waals surface area contributed by atoms with Crippen LogP contribution in [0, 0.1) is 11.3 Å². The van der Waals surface area contributed by atoms with E-state index in [4.69, 9.17) is 9.47 Å². The number of nitrogens with zero attached hydrogens (tertiary/aromatic N) is 2. The first kappa shape index (κ1) is 19.3. The van der Waals surface area contributed by atoms with Gasteiger partial charge in [-0.1, -0.05) is 12.1 Å². The standard InChI is InChI=1S/C21H21N3O4.H2/c1-3-28-21(26)23-15-6-4-14(5-7-15)20-18(13-22)17-9-8-16(27-2)12-19(17)24(20)10-11-25;/h4-9,12,25H,3,10-11H2,1-2H3,(H,23,26);1H. The Labute approximate surface area is 164 Å². The largest absolute Gasteiger partial charge is 0.497 e. The van der Waals surface area contributed by atoms with Crippen molar-refractivity contribution in [1.82, 2.24) is 4.57 Å². The number of carbonyl (C=O) groups is 1. The molecule has 0 bridgehead atoms. The predicted octanol–water partition coefficient (Wildman–Crippen LogP) is 4.00. The van der Waals surface area contributed by atoms with Crippen molar-refractivity contribution in [3.8, 4) is 23.1 Å². The number of rotatable bonds is 6. The summed E-state index contributed by atoms with van der Waals surface area (Å²) in [6.07, 6.45) is -0.519. The van der Waals surface area contributed by atoms with Gasteiger partial charge in [0.05, 0.1) is 37.1 Å². The van der Waals surface area contributed by atoms with Crippen molar-refractivity contribution in [3.05, 3.63) is 48.0 Å². The van der Waals surface area contributed by atoms with Crippen molar-refractivity contribution < 1.29 is 20.8 Å². The normalized spacial score (nSPS) is 10.5. The molecule has 0 saturated carbocycles. The first-order valence-electron chi connectivity index (χ1n) is 8.88. The molecule has 0 atom stereocenters. The van der Waals surface area contributed by atoms with Crippen LogP contribution in [-0.2, 0) is 11.3 Å². The molecule has 2 aromatic carbocycles. The molecule has 3 aromatic rings. The van der Waals surface area contributed by atoms with Crippen LogP contribution in [0.3, 0.4) is 0 Å². The lowest BCUT2D eigenvalue weighted by atomic mass is 10.1. The third-order valence-electron chi connectivity index (χ3n) is 4.39. The molecule has 7 heteroatoms. The van der Waals surface area contributed by atoms with Gasteiger partial charge in [0.2, 0.25) is 0 Å². The summed E-state index contributed by atoms with van der Waals surface area (Å²) in [6.45, 7) is 2.30. The third kappa shape index (κ3) is 3.63. The van der Waals surface area contributed by atoms with Crippen molar-refractivity contribution in [3.63, 3.8) is 0 Å². The number of aliphatic hydroxyl groups excluding tert-OH is 1. The van der Waals surface area contributed by atoms with Crippen LogP contribution in [-0.4, -0.2) is 36.1 Å². The third-order valence-corrected chi connectivity index (χ3v) is 4.39. The molecule has 1 amide bonds. The van der Waals surface area contributed by atoms with Gasteiger partial charge < -0.3 is 19.1 Å². The Kier molecular flexibility index (Phi) is 5.82. The van der Waals surface area contributed by atoms with Gasteiger partial charge in [-0.25, -0.2) is 4.79 Å². The Bertz CT molecular complexity index is 1040. The molecular formula is C21H23N3O4. The molecule has 0 radical (unpaired) electrons. The van der Waals surface area contributed by atoms with Crippen LogP contribution in [0.4, 0.5) is 10.5 Å². The number of aliphatic hydroxyl groups is 1.